The van der Waals surface area contributed by atoms with E-state index in [9.17, 15) is 4.79 Å². The number of fused-ring (bicyclic) bond motifs is 3. The molecule has 0 bridgehead atoms. The number of thioether (sulfide) groups is 1. The number of hydrogen-bond donors (Lipinski definition) is 0. The number of ether oxygens (including phenoxy) is 2. The maximum atomic E-state index is 13.7. The first-order chi connectivity index (χ1) is 15.8. The van der Waals surface area contributed by atoms with Crippen molar-refractivity contribution in [2.24, 2.45) is 0 Å². The second-order valence-electron chi connectivity index (χ2n) is 9.92. The Bertz CT molecular complexity index is 971. The van der Waals surface area contributed by atoms with Crippen LogP contribution < -0.4 is 9.47 Å². The van der Waals surface area contributed by atoms with Crippen LogP contribution in [0.4, 0.5) is 0 Å². The van der Waals surface area contributed by atoms with Crippen LogP contribution in [0.15, 0.2) is 29.6 Å². The second-order valence-corrected chi connectivity index (χ2v) is 11.9. The number of carbonyl (C=O) groups is 1. The number of likely N-dealkylation sites (N-methyl/N-ethyl adjacent to an activating group) is 1. The van der Waals surface area contributed by atoms with Gasteiger partial charge in [0.25, 0.3) is 0 Å². The molecule has 3 atom stereocenters. The van der Waals surface area contributed by atoms with Crippen LogP contribution in [0.2, 0.25) is 0 Å². The van der Waals surface area contributed by atoms with Crippen molar-refractivity contribution in [2.75, 3.05) is 39.3 Å². The Balaban J connectivity index is 1.74. The van der Waals surface area contributed by atoms with E-state index >= 15 is 0 Å². The Morgan fingerprint density at radius 1 is 1.30 bits per heavy atom. The third kappa shape index (κ3) is 4.77. The van der Waals surface area contributed by atoms with E-state index < -0.39 is 0 Å². The van der Waals surface area contributed by atoms with Crippen LogP contribution >= 0.6 is 23.1 Å². The zero-order valence-electron chi connectivity index (χ0n) is 20.6. The maximum Gasteiger partial charge on any atom is 0.240 e. The van der Waals surface area contributed by atoms with Crippen molar-refractivity contribution in [3.63, 3.8) is 0 Å². The summed E-state index contributed by atoms with van der Waals surface area (Å²) in [6, 6.07) is 8.75. The molecule has 5 nitrogen and oxygen atoms in total. The summed E-state index contributed by atoms with van der Waals surface area (Å²) in [4.78, 5) is 19.4. The van der Waals surface area contributed by atoms with Gasteiger partial charge in [-0.3, -0.25) is 9.69 Å². The summed E-state index contributed by atoms with van der Waals surface area (Å²) in [5, 5.41) is 2.14. The maximum absolute atomic E-state index is 13.7. The Labute approximate surface area is 206 Å². The molecule has 2 aromatic rings. The number of nitrogens with zero attached hydrogens (tertiary/aromatic N) is 2. The fourth-order valence-electron chi connectivity index (χ4n) is 5.06. The van der Waals surface area contributed by atoms with Crippen molar-refractivity contribution in [3.05, 3.63) is 45.6 Å². The van der Waals surface area contributed by atoms with Crippen LogP contribution in [0.1, 0.15) is 55.2 Å². The lowest BCUT2D eigenvalue weighted by Crippen LogP contribution is -2.52. The van der Waals surface area contributed by atoms with E-state index in [-0.39, 0.29) is 23.5 Å². The summed E-state index contributed by atoms with van der Waals surface area (Å²) >= 11 is 3.57. The summed E-state index contributed by atoms with van der Waals surface area (Å²) in [5.74, 6) is 3.05. The molecule has 3 unspecified atom stereocenters. The van der Waals surface area contributed by atoms with Crippen molar-refractivity contribution < 1.29 is 14.3 Å². The summed E-state index contributed by atoms with van der Waals surface area (Å²) in [6.07, 6.45) is 3.84. The van der Waals surface area contributed by atoms with E-state index in [4.69, 9.17) is 9.47 Å². The number of carbonyl (C=O) groups excluding carboxylic acids is 1. The lowest BCUT2D eigenvalue weighted by Gasteiger charge is -2.40. The first kappa shape index (κ1) is 24.4. The number of thiophene rings is 1. The Hall–Kier alpha value is -1.70. The van der Waals surface area contributed by atoms with Crippen LogP contribution in [0, 0.1) is 0 Å². The average Bonchev–Trinajstić information content (AvgIpc) is 3.45. The standard InChI is InChI=1S/C26H36N2O3S2/c1-26(2,3)27(4)25(29)20-15-19(23-8-7-12-33-23)24-18-16-22(31-11-13-32-6)21(30-5)14-17(18)9-10-28(20)24/h7-8,12,14,16,19-20,24H,9-11,13,15H2,1-6H3. The fraction of sp³-hybridized carbons (Fsp3) is 0.577. The van der Waals surface area contributed by atoms with E-state index in [0.29, 0.717) is 12.5 Å². The van der Waals surface area contributed by atoms with Gasteiger partial charge in [-0.15, -0.1) is 11.3 Å². The van der Waals surface area contributed by atoms with Crippen molar-refractivity contribution in [2.45, 2.75) is 57.2 Å². The van der Waals surface area contributed by atoms with E-state index in [0.717, 1.165) is 36.6 Å². The fourth-order valence-corrected chi connectivity index (χ4v) is 6.18. The third-order valence-electron chi connectivity index (χ3n) is 7.07. The summed E-state index contributed by atoms with van der Waals surface area (Å²) in [7, 11) is 3.65. The topological polar surface area (TPSA) is 42.0 Å². The molecule has 1 aromatic carbocycles. The second kappa shape index (κ2) is 9.88. The molecule has 3 heterocycles. The molecule has 33 heavy (non-hydrogen) atoms. The molecule has 1 aromatic heterocycles. The lowest BCUT2D eigenvalue weighted by atomic mass is 9.86. The number of benzene rings is 1. The first-order valence-corrected chi connectivity index (χ1v) is 13.9. The van der Waals surface area contributed by atoms with Crippen molar-refractivity contribution in [3.8, 4) is 11.5 Å². The predicted octanol–water partition coefficient (Wildman–Crippen LogP) is 5.21. The van der Waals surface area contributed by atoms with Gasteiger partial charge in [0.1, 0.15) is 0 Å². The smallest absolute Gasteiger partial charge is 0.240 e. The van der Waals surface area contributed by atoms with E-state index in [1.54, 1.807) is 30.2 Å². The first-order valence-electron chi connectivity index (χ1n) is 11.7. The van der Waals surface area contributed by atoms with Gasteiger partial charge in [-0.2, -0.15) is 11.8 Å². The highest BCUT2D eigenvalue weighted by atomic mass is 32.2. The highest BCUT2D eigenvalue weighted by molar-refractivity contribution is 7.98. The molecular weight excluding hydrogens is 452 g/mol. The third-order valence-corrected chi connectivity index (χ3v) is 8.65. The van der Waals surface area contributed by atoms with Crippen molar-refractivity contribution in [1.82, 2.24) is 9.80 Å². The molecule has 180 valence electrons. The minimum Gasteiger partial charge on any atom is -0.493 e. The molecule has 0 radical (unpaired) electrons. The largest absolute Gasteiger partial charge is 0.493 e. The molecule has 1 saturated heterocycles. The molecule has 1 amide bonds. The Morgan fingerprint density at radius 3 is 2.73 bits per heavy atom. The summed E-state index contributed by atoms with van der Waals surface area (Å²) in [6.45, 7) is 7.83. The molecule has 2 aliphatic heterocycles. The molecule has 1 fully saturated rings. The molecule has 0 saturated carbocycles. The molecule has 0 aliphatic carbocycles. The predicted molar refractivity (Wildman–Crippen MR) is 138 cm³/mol. The number of amides is 1. The van der Waals surface area contributed by atoms with Gasteiger partial charge in [-0.05, 0) is 74.6 Å². The highest BCUT2D eigenvalue weighted by Crippen LogP contribution is 2.52. The van der Waals surface area contributed by atoms with Gasteiger partial charge in [-0.25, -0.2) is 0 Å². The Kier molecular flexibility index (Phi) is 7.32. The average molecular weight is 489 g/mol. The number of rotatable bonds is 7. The minimum atomic E-state index is -0.201. The molecule has 7 heteroatoms. The van der Waals surface area contributed by atoms with Gasteiger partial charge in [0.05, 0.1) is 19.8 Å². The lowest BCUT2D eigenvalue weighted by molar-refractivity contribution is -0.139. The van der Waals surface area contributed by atoms with Crippen LogP contribution in [0.5, 0.6) is 11.5 Å². The minimum absolute atomic E-state index is 0.109. The monoisotopic (exact) mass is 488 g/mol. The van der Waals surface area contributed by atoms with Crippen LogP contribution in [0.3, 0.4) is 0 Å². The van der Waals surface area contributed by atoms with Gasteiger partial charge in [0.15, 0.2) is 11.5 Å². The van der Waals surface area contributed by atoms with E-state index in [2.05, 4.69) is 61.6 Å². The van der Waals surface area contributed by atoms with Crippen LogP contribution in [-0.4, -0.2) is 66.6 Å². The summed E-state index contributed by atoms with van der Waals surface area (Å²) < 4.78 is 11.8. The molecular formula is C26H36N2O3S2. The zero-order chi connectivity index (χ0) is 23.8. The quantitative estimate of drug-likeness (QED) is 0.501. The van der Waals surface area contributed by atoms with Crippen molar-refractivity contribution >= 4 is 29.0 Å². The van der Waals surface area contributed by atoms with E-state index in [1.165, 1.54) is 16.0 Å². The van der Waals surface area contributed by atoms with Gasteiger partial charge in [-0.1, -0.05) is 6.07 Å². The number of methoxy groups -OCH3 is 1. The molecule has 4 rings (SSSR count). The molecule has 0 spiro atoms. The van der Waals surface area contributed by atoms with E-state index in [1.807, 2.05) is 11.9 Å². The van der Waals surface area contributed by atoms with Gasteiger partial charge in [0.2, 0.25) is 5.91 Å². The SMILES string of the molecule is COc1cc2c(cc1OCCSC)C1C(c3cccs3)CC(C(=O)N(C)C(C)(C)C)N1CC2. The van der Waals surface area contributed by atoms with Gasteiger partial charge in [0, 0.05) is 41.7 Å². The highest BCUT2D eigenvalue weighted by Gasteiger charge is 2.49. The zero-order valence-corrected chi connectivity index (χ0v) is 22.2. The molecule has 0 N–H and O–H groups in total. The normalized spacial score (nSPS) is 22.5. The molecule has 2 aliphatic rings. The van der Waals surface area contributed by atoms with Gasteiger partial charge < -0.3 is 14.4 Å². The van der Waals surface area contributed by atoms with Crippen LogP contribution in [-0.2, 0) is 11.2 Å². The number of hydrogen-bond acceptors (Lipinski definition) is 6. The van der Waals surface area contributed by atoms with Crippen LogP contribution in [0.25, 0.3) is 0 Å². The summed E-state index contributed by atoms with van der Waals surface area (Å²) in [5.41, 5.74) is 2.39. The Morgan fingerprint density at radius 2 is 2.09 bits per heavy atom. The van der Waals surface area contributed by atoms with Gasteiger partial charge >= 0.3 is 0 Å². The van der Waals surface area contributed by atoms with Crippen molar-refractivity contribution in [1.29, 1.82) is 0 Å².